The van der Waals surface area contributed by atoms with Crippen LogP contribution in [0.2, 0.25) is 5.02 Å². The molecule has 7 nitrogen and oxygen atoms in total. The number of carbonyl (C=O) groups excluding carboxylic acids is 2. The van der Waals surface area contributed by atoms with E-state index in [0.717, 1.165) is 5.56 Å². The molecule has 0 radical (unpaired) electrons. The molecule has 0 saturated heterocycles. The Bertz CT molecular complexity index is 887. The molecular formula is C21H22ClNO6. The second-order valence-electron chi connectivity index (χ2n) is 6.58. The van der Waals surface area contributed by atoms with Crippen molar-refractivity contribution >= 4 is 23.5 Å². The molecule has 2 unspecified atom stereocenters. The van der Waals surface area contributed by atoms with Crippen molar-refractivity contribution in [3.63, 3.8) is 0 Å². The van der Waals surface area contributed by atoms with Gasteiger partial charge in [-0.25, -0.2) is 4.79 Å². The Labute approximate surface area is 173 Å². The van der Waals surface area contributed by atoms with E-state index in [1.165, 1.54) is 0 Å². The molecule has 0 spiro atoms. The van der Waals surface area contributed by atoms with Gasteiger partial charge in [0.15, 0.2) is 24.2 Å². The van der Waals surface area contributed by atoms with Crippen LogP contribution in [0.1, 0.15) is 12.5 Å². The number of para-hydroxylation sites is 2. The summed E-state index contributed by atoms with van der Waals surface area (Å²) in [6.07, 6.45) is -1.19. The standard InChI is InChI=1S/C21H22ClNO6/c1-13-9-15(22)7-8-17(13)28-14(2)21(25)27-12-20(24)23-10-16-11-26-18-5-3-4-6-19(18)29-16/h3-9,14,16H,10-12H2,1-2H3,(H,23,24). The minimum Gasteiger partial charge on any atom is -0.486 e. The average molecular weight is 420 g/mol. The summed E-state index contributed by atoms with van der Waals surface area (Å²) < 4.78 is 21.9. The van der Waals surface area contributed by atoms with E-state index in [0.29, 0.717) is 28.9 Å². The van der Waals surface area contributed by atoms with Gasteiger partial charge in [-0.3, -0.25) is 4.79 Å². The number of esters is 1. The molecule has 1 aliphatic rings. The zero-order valence-corrected chi connectivity index (χ0v) is 16.9. The average Bonchev–Trinajstić information content (AvgIpc) is 2.72. The topological polar surface area (TPSA) is 83.1 Å². The van der Waals surface area contributed by atoms with Gasteiger partial charge in [0.1, 0.15) is 18.5 Å². The third kappa shape index (κ3) is 5.77. The van der Waals surface area contributed by atoms with Crippen molar-refractivity contribution in [1.82, 2.24) is 5.32 Å². The fourth-order valence-corrected chi connectivity index (χ4v) is 2.91. The highest BCUT2D eigenvalue weighted by atomic mass is 35.5. The van der Waals surface area contributed by atoms with Crippen LogP contribution in [-0.2, 0) is 14.3 Å². The van der Waals surface area contributed by atoms with E-state index in [9.17, 15) is 9.59 Å². The van der Waals surface area contributed by atoms with Crippen LogP contribution in [0.25, 0.3) is 0 Å². The van der Waals surface area contributed by atoms with Crippen LogP contribution in [0.3, 0.4) is 0 Å². The first kappa shape index (κ1) is 20.8. The molecule has 0 aromatic heterocycles. The minimum absolute atomic E-state index is 0.237. The molecule has 154 valence electrons. The Balaban J connectivity index is 1.39. The van der Waals surface area contributed by atoms with Gasteiger partial charge in [0.25, 0.3) is 5.91 Å². The Morgan fingerprint density at radius 3 is 2.76 bits per heavy atom. The van der Waals surface area contributed by atoms with Crippen molar-refractivity contribution in [1.29, 1.82) is 0 Å². The van der Waals surface area contributed by atoms with Crippen LogP contribution in [-0.4, -0.2) is 43.8 Å². The Hall–Kier alpha value is -2.93. The first-order chi connectivity index (χ1) is 13.9. The van der Waals surface area contributed by atoms with Crippen LogP contribution in [0.5, 0.6) is 17.2 Å². The fraction of sp³-hybridized carbons (Fsp3) is 0.333. The maximum atomic E-state index is 12.1. The lowest BCUT2D eigenvalue weighted by Crippen LogP contribution is -2.42. The lowest BCUT2D eigenvalue weighted by atomic mass is 10.2. The Morgan fingerprint density at radius 2 is 2.00 bits per heavy atom. The summed E-state index contributed by atoms with van der Waals surface area (Å²) in [6, 6.07) is 12.4. The van der Waals surface area contributed by atoms with Gasteiger partial charge in [0.2, 0.25) is 0 Å². The summed E-state index contributed by atoms with van der Waals surface area (Å²) in [5.74, 6) is 0.760. The van der Waals surface area contributed by atoms with Gasteiger partial charge in [0.05, 0.1) is 6.54 Å². The first-order valence-corrected chi connectivity index (χ1v) is 9.55. The van der Waals surface area contributed by atoms with Gasteiger partial charge in [-0.1, -0.05) is 23.7 Å². The molecule has 0 bridgehead atoms. The van der Waals surface area contributed by atoms with Crippen molar-refractivity contribution in [2.75, 3.05) is 19.8 Å². The summed E-state index contributed by atoms with van der Waals surface area (Å²) in [5.41, 5.74) is 0.797. The van der Waals surface area contributed by atoms with Crippen molar-refractivity contribution < 1.29 is 28.5 Å². The number of benzene rings is 2. The molecule has 1 aliphatic heterocycles. The molecule has 8 heteroatoms. The minimum atomic E-state index is -0.866. The van der Waals surface area contributed by atoms with E-state index in [1.807, 2.05) is 25.1 Å². The summed E-state index contributed by atoms with van der Waals surface area (Å²) in [7, 11) is 0. The predicted molar refractivity (Wildman–Crippen MR) is 107 cm³/mol. The summed E-state index contributed by atoms with van der Waals surface area (Å²) in [6.45, 7) is 3.53. The largest absolute Gasteiger partial charge is 0.486 e. The highest BCUT2D eigenvalue weighted by Gasteiger charge is 2.22. The summed E-state index contributed by atoms with van der Waals surface area (Å²) in [5, 5.41) is 3.25. The maximum Gasteiger partial charge on any atom is 0.347 e. The number of nitrogens with one attached hydrogen (secondary N) is 1. The molecule has 29 heavy (non-hydrogen) atoms. The van der Waals surface area contributed by atoms with Crippen LogP contribution >= 0.6 is 11.6 Å². The highest BCUT2D eigenvalue weighted by molar-refractivity contribution is 6.30. The second-order valence-corrected chi connectivity index (χ2v) is 7.02. The van der Waals surface area contributed by atoms with E-state index in [-0.39, 0.29) is 12.6 Å². The molecule has 1 heterocycles. The van der Waals surface area contributed by atoms with Crippen LogP contribution in [0, 0.1) is 6.92 Å². The number of fused-ring (bicyclic) bond motifs is 1. The molecule has 2 atom stereocenters. The lowest BCUT2D eigenvalue weighted by molar-refractivity contribution is -0.154. The van der Waals surface area contributed by atoms with E-state index in [4.69, 9.17) is 30.5 Å². The monoisotopic (exact) mass is 419 g/mol. The Kier molecular flexibility index (Phi) is 6.82. The molecule has 2 aromatic rings. The number of ether oxygens (including phenoxy) is 4. The van der Waals surface area contributed by atoms with E-state index >= 15 is 0 Å². The number of halogens is 1. The highest BCUT2D eigenvalue weighted by Crippen LogP contribution is 2.30. The van der Waals surface area contributed by atoms with Crippen molar-refractivity contribution in [3.05, 3.63) is 53.1 Å². The predicted octanol–water partition coefficient (Wildman–Crippen LogP) is 2.92. The zero-order chi connectivity index (χ0) is 20.8. The molecular weight excluding hydrogens is 398 g/mol. The number of hydrogen-bond donors (Lipinski definition) is 1. The van der Waals surface area contributed by atoms with Crippen LogP contribution in [0.4, 0.5) is 0 Å². The SMILES string of the molecule is Cc1cc(Cl)ccc1OC(C)C(=O)OCC(=O)NCC1COc2ccccc2O1. The number of carbonyl (C=O) groups is 2. The van der Waals surface area contributed by atoms with Gasteiger partial charge in [0, 0.05) is 5.02 Å². The van der Waals surface area contributed by atoms with Gasteiger partial charge < -0.3 is 24.3 Å². The number of rotatable bonds is 7. The smallest absolute Gasteiger partial charge is 0.347 e. The second kappa shape index (κ2) is 9.52. The quantitative estimate of drug-likeness (QED) is 0.695. The van der Waals surface area contributed by atoms with E-state index in [1.54, 1.807) is 31.2 Å². The number of aryl methyl sites for hydroxylation is 1. The van der Waals surface area contributed by atoms with E-state index in [2.05, 4.69) is 5.32 Å². The molecule has 0 aliphatic carbocycles. The molecule has 1 N–H and O–H groups in total. The number of amides is 1. The normalized spacial score (nSPS) is 15.9. The molecule has 3 rings (SSSR count). The van der Waals surface area contributed by atoms with Gasteiger partial charge >= 0.3 is 5.97 Å². The van der Waals surface area contributed by atoms with E-state index < -0.39 is 24.6 Å². The summed E-state index contributed by atoms with van der Waals surface area (Å²) >= 11 is 5.90. The summed E-state index contributed by atoms with van der Waals surface area (Å²) in [4.78, 5) is 24.0. The lowest BCUT2D eigenvalue weighted by Gasteiger charge is -2.26. The molecule has 2 aromatic carbocycles. The first-order valence-electron chi connectivity index (χ1n) is 9.17. The number of hydrogen-bond acceptors (Lipinski definition) is 6. The van der Waals surface area contributed by atoms with Crippen LogP contribution < -0.4 is 19.5 Å². The third-order valence-corrected chi connectivity index (χ3v) is 4.45. The van der Waals surface area contributed by atoms with Crippen molar-refractivity contribution in [3.8, 4) is 17.2 Å². The zero-order valence-electron chi connectivity index (χ0n) is 16.1. The van der Waals surface area contributed by atoms with Gasteiger partial charge in [-0.05, 0) is 49.7 Å². The van der Waals surface area contributed by atoms with Crippen molar-refractivity contribution in [2.24, 2.45) is 0 Å². The van der Waals surface area contributed by atoms with Crippen LogP contribution in [0.15, 0.2) is 42.5 Å². The Morgan fingerprint density at radius 1 is 1.24 bits per heavy atom. The van der Waals surface area contributed by atoms with Crippen molar-refractivity contribution in [2.45, 2.75) is 26.1 Å². The van der Waals surface area contributed by atoms with Gasteiger partial charge in [-0.2, -0.15) is 0 Å². The molecule has 0 fully saturated rings. The van der Waals surface area contributed by atoms with Gasteiger partial charge in [-0.15, -0.1) is 0 Å². The fourth-order valence-electron chi connectivity index (χ4n) is 2.68. The third-order valence-electron chi connectivity index (χ3n) is 4.21. The molecule has 1 amide bonds. The molecule has 0 saturated carbocycles. The maximum absolute atomic E-state index is 12.1.